The largest absolute Gasteiger partial charge is 0.313 e. The van der Waals surface area contributed by atoms with E-state index in [0.29, 0.717) is 17.3 Å². The summed E-state index contributed by atoms with van der Waals surface area (Å²) in [6.07, 6.45) is 1.08. The van der Waals surface area contributed by atoms with Crippen LogP contribution in [-0.4, -0.2) is 43.9 Å². The lowest BCUT2D eigenvalue weighted by Crippen LogP contribution is -2.37. The first-order valence-electron chi connectivity index (χ1n) is 6.50. The molecule has 2 rings (SSSR count). The van der Waals surface area contributed by atoms with Gasteiger partial charge in [-0.15, -0.1) is 11.3 Å². The number of nitrogens with zero attached hydrogens (tertiary/aromatic N) is 1. The highest BCUT2D eigenvalue weighted by Crippen LogP contribution is 2.25. The molecule has 0 unspecified atom stereocenters. The smallest absolute Gasteiger partial charge is 0.252 e. The highest BCUT2D eigenvalue weighted by Gasteiger charge is 2.27. The van der Waals surface area contributed by atoms with Crippen LogP contribution in [0.5, 0.6) is 0 Å². The molecule has 0 atom stereocenters. The summed E-state index contributed by atoms with van der Waals surface area (Å²) in [5, 5.41) is 5.23. The summed E-state index contributed by atoms with van der Waals surface area (Å²) in [5.41, 5.74) is 1.06. The van der Waals surface area contributed by atoms with E-state index in [9.17, 15) is 8.42 Å². The number of nitrogens with one attached hydrogen (secondary N) is 1. The molecule has 4 nitrogen and oxygen atoms in total. The van der Waals surface area contributed by atoms with Crippen LogP contribution in [0, 0.1) is 0 Å². The van der Waals surface area contributed by atoms with E-state index in [1.165, 1.54) is 11.3 Å². The minimum Gasteiger partial charge on any atom is -0.313 e. The van der Waals surface area contributed by atoms with Crippen LogP contribution in [-0.2, 0) is 16.6 Å². The maximum absolute atomic E-state index is 12.4. The zero-order valence-corrected chi connectivity index (χ0v) is 13.5. The minimum absolute atomic E-state index is 0.479. The molecule has 0 radical (unpaired) electrons. The van der Waals surface area contributed by atoms with Gasteiger partial charge >= 0.3 is 0 Å². The molecule has 0 spiro atoms. The van der Waals surface area contributed by atoms with E-state index in [1.54, 1.807) is 4.31 Å². The summed E-state index contributed by atoms with van der Waals surface area (Å²) < 4.78 is 27.0. The first-order chi connectivity index (χ1) is 9.14. The molecule has 2 heterocycles. The molecule has 1 fully saturated rings. The Labute approximate surface area is 123 Å². The predicted octanol–water partition coefficient (Wildman–Crippen LogP) is 1.99. The van der Waals surface area contributed by atoms with Crippen molar-refractivity contribution in [3.63, 3.8) is 0 Å². The van der Waals surface area contributed by atoms with Crippen molar-refractivity contribution >= 4 is 33.1 Å². The SMILES string of the molecule is CCCNCc1csc(S(=O)(=O)N2CCSCC2)c1. The Bertz CT molecular complexity index is 493. The van der Waals surface area contributed by atoms with Crippen molar-refractivity contribution in [1.82, 2.24) is 9.62 Å². The predicted molar refractivity (Wildman–Crippen MR) is 82.4 cm³/mol. The summed E-state index contributed by atoms with van der Waals surface area (Å²) in [5.74, 6) is 1.80. The van der Waals surface area contributed by atoms with Crippen LogP contribution in [0.25, 0.3) is 0 Å². The highest BCUT2D eigenvalue weighted by atomic mass is 32.2. The van der Waals surface area contributed by atoms with Gasteiger partial charge in [0.2, 0.25) is 0 Å². The molecule has 1 aromatic heterocycles. The molecule has 0 aliphatic carbocycles. The molecule has 1 aliphatic heterocycles. The van der Waals surface area contributed by atoms with E-state index in [1.807, 2.05) is 23.2 Å². The number of rotatable bonds is 6. The average Bonchev–Trinajstić information content (AvgIpc) is 2.90. The Hall–Kier alpha value is -0.0800. The van der Waals surface area contributed by atoms with Crippen molar-refractivity contribution in [3.05, 3.63) is 17.0 Å². The zero-order valence-electron chi connectivity index (χ0n) is 11.1. The molecule has 7 heteroatoms. The standard InChI is InChI=1S/C12H20N2O2S3/c1-2-3-13-9-11-8-12(18-10-11)19(15,16)14-4-6-17-7-5-14/h8,10,13H,2-7,9H2,1H3. The summed E-state index contributed by atoms with van der Waals surface area (Å²) in [6.45, 7) is 5.09. The van der Waals surface area contributed by atoms with E-state index in [2.05, 4.69) is 12.2 Å². The van der Waals surface area contributed by atoms with Crippen molar-refractivity contribution < 1.29 is 8.42 Å². The Morgan fingerprint density at radius 2 is 2.11 bits per heavy atom. The number of thiophene rings is 1. The molecule has 1 aliphatic rings. The Morgan fingerprint density at radius 1 is 1.37 bits per heavy atom. The topological polar surface area (TPSA) is 49.4 Å². The van der Waals surface area contributed by atoms with Gasteiger partial charge in [0.15, 0.2) is 0 Å². The van der Waals surface area contributed by atoms with Crippen molar-refractivity contribution in [3.8, 4) is 0 Å². The van der Waals surface area contributed by atoms with E-state index in [4.69, 9.17) is 0 Å². The molecule has 108 valence electrons. The quantitative estimate of drug-likeness (QED) is 0.814. The van der Waals surface area contributed by atoms with Gasteiger partial charge in [-0.05, 0) is 30.0 Å². The maximum Gasteiger partial charge on any atom is 0.252 e. The molecule has 0 saturated carbocycles. The van der Waals surface area contributed by atoms with E-state index < -0.39 is 10.0 Å². The minimum atomic E-state index is -3.26. The number of thioether (sulfide) groups is 1. The second kappa shape index (κ2) is 7.08. The number of sulfonamides is 1. The van der Waals surface area contributed by atoms with Crippen LogP contribution in [0.2, 0.25) is 0 Å². The fourth-order valence-corrected chi connectivity index (χ4v) is 5.84. The van der Waals surface area contributed by atoms with Crippen molar-refractivity contribution in [1.29, 1.82) is 0 Å². The lowest BCUT2D eigenvalue weighted by molar-refractivity contribution is 0.445. The Morgan fingerprint density at radius 3 is 2.79 bits per heavy atom. The highest BCUT2D eigenvalue weighted by molar-refractivity contribution is 7.99. The first-order valence-corrected chi connectivity index (χ1v) is 9.98. The molecule has 1 aromatic rings. The number of hydrogen-bond donors (Lipinski definition) is 1. The van der Waals surface area contributed by atoms with Crippen LogP contribution in [0.15, 0.2) is 15.7 Å². The second-order valence-electron chi connectivity index (χ2n) is 4.47. The average molecular weight is 321 g/mol. The van der Waals surface area contributed by atoms with Crippen molar-refractivity contribution in [2.75, 3.05) is 31.1 Å². The van der Waals surface area contributed by atoms with Crippen LogP contribution in [0.1, 0.15) is 18.9 Å². The summed E-state index contributed by atoms with van der Waals surface area (Å²) in [4.78, 5) is 0. The van der Waals surface area contributed by atoms with E-state index in [0.717, 1.165) is 36.6 Å². The lowest BCUT2D eigenvalue weighted by Gasteiger charge is -2.24. The van der Waals surface area contributed by atoms with Gasteiger partial charge in [-0.3, -0.25) is 0 Å². The molecule has 19 heavy (non-hydrogen) atoms. The summed E-state index contributed by atoms with van der Waals surface area (Å²) in [7, 11) is -3.26. The van der Waals surface area contributed by atoms with Crippen molar-refractivity contribution in [2.45, 2.75) is 24.1 Å². The van der Waals surface area contributed by atoms with E-state index >= 15 is 0 Å². The van der Waals surface area contributed by atoms with Crippen LogP contribution >= 0.6 is 23.1 Å². The molecule has 1 saturated heterocycles. The van der Waals surface area contributed by atoms with Gasteiger partial charge < -0.3 is 5.32 Å². The zero-order chi connectivity index (χ0) is 13.7. The van der Waals surface area contributed by atoms with Crippen molar-refractivity contribution in [2.24, 2.45) is 0 Å². The normalized spacial score (nSPS) is 17.7. The van der Waals surface area contributed by atoms with Gasteiger partial charge in [-0.2, -0.15) is 16.1 Å². The summed E-state index contributed by atoms with van der Waals surface area (Å²) in [6, 6.07) is 1.81. The third-order valence-corrected chi connectivity index (χ3v) is 7.25. The van der Waals surface area contributed by atoms with Gasteiger partial charge in [-0.25, -0.2) is 8.42 Å². The lowest BCUT2D eigenvalue weighted by atomic mass is 10.3. The maximum atomic E-state index is 12.4. The Kier molecular flexibility index (Phi) is 5.70. The monoisotopic (exact) mass is 320 g/mol. The van der Waals surface area contributed by atoms with Crippen LogP contribution in [0.4, 0.5) is 0 Å². The fraction of sp³-hybridized carbons (Fsp3) is 0.667. The van der Waals surface area contributed by atoms with Crippen LogP contribution < -0.4 is 5.32 Å². The van der Waals surface area contributed by atoms with Crippen LogP contribution in [0.3, 0.4) is 0 Å². The molecular formula is C12H20N2O2S3. The Balaban J connectivity index is 2.03. The molecule has 1 N–H and O–H groups in total. The van der Waals surface area contributed by atoms with Gasteiger partial charge in [-0.1, -0.05) is 6.92 Å². The number of hydrogen-bond acceptors (Lipinski definition) is 5. The fourth-order valence-electron chi connectivity index (χ4n) is 1.90. The van der Waals surface area contributed by atoms with Gasteiger partial charge in [0.1, 0.15) is 4.21 Å². The molecule has 0 bridgehead atoms. The van der Waals surface area contributed by atoms with Gasteiger partial charge in [0.05, 0.1) is 0 Å². The van der Waals surface area contributed by atoms with E-state index in [-0.39, 0.29) is 0 Å². The van der Waals surface area contributed by atoms with Gasteiger partial charge in [0.25, 0.3) is 10.0 Å². The third-order valence-electron chi connectivity index (χ3n) is 2.95. The molecule has 0 aromatic carbocycles. The first kappa shape index (κ1) is 15.3. The second-order valence-corrected chi connectivity index (χ2v) is 8.77. The van der Waals surface area contributed by atoms with Gasteiger partial charge in [0, 0.05) is 31.1 Å². The molecule has 0 amide bonds. The summed E-state index contributed by atoms with van der Waals surface area (Å²) >= 11 is 3.15. The molecular weight excluding hydrogens is 300 g/mol. The third kappa shape index (κ3) is 3.95.